The van der Waals surface area contributed by atoms with Crippen molar-refractivity contribution >= 4 is 23.2 Å². The summed E-state index contributed by atoms with van der Waals surface area (Å²) in [6, 6.07) is 17.0. The van der Waals surface area contributed by atoms with E-state index in [0.717, 1.165) is 24.5 Å². The van der Waals surface area contributed by atoms with Crippen LogP contribution in [0.1, 0.15) is 56.8 Å². The normalized spacial score (nSPS) is 18.5. The predicted octanol–water partition coefficient (Wildman–Crippen LogP) is 5.35. The van der Waals surface area contributed by atoms with E-state index in [2.05, 4.69) is 31.4 Å². The molecule has 0 aliphatic heterocycles. The zero-order valence-corrected chi connectivity index (χ0v) is 20.0. The lowest BCUT2D eigenvalue weighted by Crippen LogP contribution is -2.46. The van der Waals surface area contributed by atoms with E-state index in [1.54, 1.807) is 18.2 Å². The molecule has 2 aromatic rings. The number of ether oxygens (including phenoxy) is 2. The average Bonchev–Trinajstić information content (AvgIpc) is 2.77. The van der Waals surface area contributed by atoms with E-state index >= 15 is 0 Å². The lowest BCUT2D eigenvalue weighted by Gasteiger charge is -2.37. The SMILES string of the molecule is CC(C)(C)C1CCC(NC(=S)NC(=O)c2cccc(OCCOc3ccccc3)c2)CC1. The molecule has 0 bridgehead atoms. The maximum Gasteiger partial charge on any atom is 0.257 e. The zero-order chi connectivity index (χ0) is 23.0. The number of hydrogen-bond donors (Lipinski definition) is 2. The minimum Gasteiger partial charge on any atom is -0.490 e. The Morgan fingerprint density at radius 3 is 2.22 bits per heavy atom. The third kappa shape index (κ3) is 7.52. The van der Waals surface area contributed by atoms with E-state index in [4.69, 9.17) is 21.7 Å². The molecule has 1 fully saturated rings. The third-order valence-corrected chi connectivity index (χ3v) is 6.19. The Labute approximate surface area is 196 Å². The second kappa shape index (κ2) is 11.3. The Hall–Kier alpha value is -2.60. The summed E-state index contributed by atoms with van der Waals surface area (Å²) in [6.07, 6.45) is 4.52. The third-order valence-electron chi connectivity index (χ3n) is 5.97. The first kappa shape index (κ1) is 24.1. The molecule has 1 aliphatic rings. The average molecular weight is 455 g/mol. The number of hydrogen-bond acceptors (Lipinski definition) is 4. The van der Waals surface area contributed by atoms with Crippen molar-refractivity contribution in [3.05, 3.63) is 60.2 Å². The van der Waals surface area contributed by atoms with Gasteiger partial charge in [0.15, 0.2) is 5.11 Å². The number of amides is 1. The molecule has 0 radical (unpaired) electrons. The Morgan fingerprint density at radius 2 is 1.56 bits per heavy atom. The number of thiocarbonyl (C=S) groups is 1. The van der Waals surface area contributed by atoms with E-state index in [1.165, 1.54) is 12.8 Å². The van der Waals surface area contributed by atoms with Crippen LogP contribution in [0.4, 0.5) is 0 Å². The lowest BCUT2D eigenvalue weighted by atomic mass is 9.71. The number of carbonyl (C=O) groups excluding carboxylic acids is 1. The van der Waals surface area contributed by atoms with Gasteiger partial charge >= 0.3 is 0 Å². The molecule has 172 valence electrons. The quantitative estimate of drug-likeness (QED) is 0.436. The highest BCUT2D eigenvalue weighted by molar-refractivity contribution is 7.80. The van der Waals surface area contributed by atoms with E-state index in [0.29, 0.717) is 41.1 Å². The zero-order valence-electron chi connectivity index (χ0n) is 19.2. The molecule has 32 heavy (non-hydrogen) atoms. The van der Waals surface area contributed by atoms with Crippen molar-refractivity contribution in [2.75, 3.05) is 13.2 Å². The van der Waals surface area contributed by atoms with Gasteiger partial charge in [0.05, 0.1) is 0 Å². The minimum absolute atomic E-state index is 0.239. The molecule has 0 saturated heterocycles. The van der Waals surface area contributed by atoms with E-state index < -0.39 is 0 Å². The van der Waals surface area contributed by atoms with Crippen LogP contribution in [0.25, 0.3) is 0 Å². The van der Waals surface area contributed by atoms with Gasteiger partial charge in [0, 0.05) is 11.6 Å². The maximum atomic E-state index is 12.6. The van der Waals surface area contributed by atoms with Crippen LogP contribution in [-0.2, 0) is 0 Å². The summed E-state index contributed by atoms with van der Waals surface area (Å²) in [7, 11) is 0. The minimum atomic E-state index is -0.239. The molecule has 3 rings (SSSR count). The van der Waals surface area contributed by atoms with Gasteiger partial charge in [-0.05, 0) is 79.6 Å². The smallest absolute Gasteiger partial charge is 0.257 e. The highest BCUT2D eigenvalue weighted by Crippen LogP contribution is 2.37. The highest BCUT2D eigenvalue weighted by Gasteiger charge is 2.29. The summed E-state index contributed by atoms with van der Waals surface area (Å²) in [6.45, 7) is 7.74. The molecule has 6 heteroatoms. The lowest BCUT2D eigenvalue weighted by molar-refractivity contribution is 0.0975. The number of carbonyl (C=O) groups is 1. The van der Waals surface area contributed by atoms with Gasteiger partial charge in [-0.3, -0.25) is 10.1 Å². The second-order valence-corrected chi connectivity index (χ2v) is 9.79. The van der Waals surface area contributed by atoms with Crippen LogP contribution in [0.3, 0.4) is 0 Å². The van der Waals surface area contributed by atoms with Gasteiger partial charge in [0.25, 0.3) is 5.91 Å². The van der Waals surface area contributed by atoms with Crippen LogP contribution in [-0.4, -0.2) is 30.3 Å². The Morgan fingerprint density at radius 1 is 0.938 bits per heavy atom. The molecule has 0 aromatic heterocycles. The summed E-state index contributed by atoms with van der Waals surface area (Å²) >= 11 is 5.39. The van der Waals surface area contributed by atoms with Crippen molar-refractivity contribution in [1.29, 1.82) is 0 Å². The van der Waals surface area contributed by atoms with Gasteiger partial charge in [-0.1, -0.05) is 45.0 Å². The van der Waals surface area contributed by atoms with Crippen LogP contribution >= 0.6 is 12.2 Å². The second-order valence-electron chi connectivity index (χ2n) is 9.38. The van der Waals surface area contributed by atoms with Crippen molar-refractivity contribution in [2.24, 2.45) is 11.3 Å². The van der Waals surface area contributed by atoms with E-state index in [9.17, 15) is 4.79 Å². The van der Waals surface area contributed by atoms with Crippen LogP contribution in [0, 0.1) is 11.3 Å². The molecule has 1 amide bonds. The van der Waals surface area contributed by atoms with Crippen LogP contribution in [0.5, 0.6) is 11.5 Å². The van der Waals surface area contributed by atoms with Crippen molar-refractivity contribution in [3.63, 3.8) is 0 Å². The van der Waals surface area contributed by atoms with Gasteiger partial charge in [-0.25, -0.2) is 0 Å². The summed E-state index contributed by atoms with van der Waals surface area (Å²) in [4.78, 5) is 12.6. The van der Waals surface area contributed by atoms with Gasteiger partial charge in [0.2, 0.25) is 0 Å². The monoisotopic (exact) mass is 454 g/mol. The molecule has 5 nitrogen and oxygen atoms in total. The summed E-state index contributed by atoms with van der Waals surface area (Å²) in [5.74, 6) is 1.92. The first-order valence-electron chi connectivity index (χ1n) is 11.3. The topological polar surface area (TPSA) is 59.6 Å². The van der Waals surface area contributed by atoms with Gasteiger partial charge in [-0.2, -0.15) is 0 Å². The molecule has 0 heterocycles. The first-order valence-corrected chi connectivity index (χ1v) is 11.7. The first-order chi connectivity index (χ1) is 15.3. The fourth-order valence-electron chi connectivity index (χ4n) is 4.06. The number of para-hydroxylation sites is 1. The molecule has 2 aromatic carbocycles. The highest BCUT2D eigenvalue weighted by atomic mass is 32.1. The van der Waals surface area contributed by atoms with Crippen molar-refractivity contribution < 1.29 is 14.3 Å². The fraction of sp³-hybridized carbons (Fsp3) is 0.462. The van der Waals surface area contributed by atoms with Crippen molar-refractivity contribution in [1.82, 2.24) is 10.6 Å². The molecule has 0 spiro atoms. The van der Waals surface area contributed by atoms with Gasteiger partial charge in [0.1, 0.15) is 24.7 Å². The summed E-state index contributed by atoms with van der Waals surface area (Å²) in [5.41, 5.74) is 0.854. The molecule has 1 aliphatic carbocycles. The van der Waals surface area contributed by atoms with Crippen molar-refractivity contribution in [3.8, 4) is 11.5 Å². The maximum absolute atomic E-state index is 12.6. The summed E-state index contributed by atoms with van der Waals surface area (Å²) in [5, 5.41) is 6.50. The molecule has 0 unspecified atom stereocenters. The van der Waals surface area contributed by atoms with E-state index in [-0.39, 0.29) is 5.91 Å². The van der Waals surface area contributed by atoms with Crippen LogP contribution < -0.4 is 20.1 Å². The predicted molar refractivity (Wildman–Crippen MR) is 132 cm³/mol. The standard InChI is InChI=1S/C26H34N2O3S/c1-26(2,3)20-12-14-21(15-13-20)27-25(32)28-24(29)19-8-7-11-23(18-19)31-17-16-30-22-9-5-4-6-10-22/h4-11,18,20-21H,12-17H2,1-3H3,(H2,27,28,29,32). The molecule has 2 N–H and O–H groups in total. The fourth-order valence-corrected chi connectivity index (χ4v) is 4.32. The number of benzene rings is 2. The van der Waals surface area contributed by atoms with E-state index in [1.807, 2.05) is 36.4 Å². The number of nitrogens with one attached hydrogen (secondary N) is 2. The molecule has 0 atom stereocenters. The molecular weight excluding hydrogens is 420 g/mol. The Kier molecular flexibility index (Phi) is 8.51. The van der Waals surface area contributed by atoms with Crippen molar-refractivity contribution in [2.45, 2.75) is 52.5 Å². The molecule has 1 saturated carbocycles. The van der Waals surface area contributed by atoms with Crippen LogP contribution in [0.15, 0.2) is 54.6 Å². The Balaban J connectivity index is 1.41. The number of rotatable bonds is 7. The van der Waals surface area contributed by atoms with Gasteiger partial charge < -0.3 is 14.8 Å². The summed E-state index contributed by atoms with van der Waals surface area (Å²) < 4.78 is 11.4. The van der Waals surface area contributed by atoms with Gasteiger partial charge in [-0.15, -0.1) is 0 Å². The molecular formula is C26H34N2O3S. The Bertz CT molecular complexity index is 887. The largest absolute Gasteiger partial charge is 0.490 e. The van der Waals surface area contributed by atoms with Crippen LogP contribution in [0.2, 0.25) is 0 Å².